The second-order valence-corrected chi connectivity index (χ2v) is 3.10. The molecule has 1 aromatic rings. The number of halogens is 2. The Bertz CT molecular complexity index is 364. The van der Waals surface area contributed by atoms with Crippen LogP contribution in [0, 0.1) is 18.7 Å². The van der Waals surface area contributed by atoms with Crippen LogP contribution in [0.15, 0.2) is 18.2 Å². The predicted molar refractivity (Wildman–Crippen MR) is 55.3 cm³/mol. The van der Waals surface area contributed by atoms with Gasteiger partial charge >= 0.3 is 0 Å². The minimum absolute atomic E-state index is 0.0317. The quantitative estimate of drug-likeness (QED) is 0.797. The molecule has 0 radical (unpaired) electrons. The van der Waals surface area contributed by atoms with Crippen LogP contribution in [0.4, 0.5) is 8.92 Å². The molecule has 3 nitrogen and oxygen atoms in total. The van der Waals surface area contributed by atoms with Gasteiger partial charge in [-0.25, -0.2) is 4.39 Å². The average Bonchev–Trinajstić information content (AvgIpc) is 2.25. The van der Waals surface area contributed by atoms with Crippen LogP contribution in [-0.4, -0.2) is 19.2 Å². The molecule has 0 unspecified atom stereocenters. The normalized spacial score (nSPS) is 14.2. The van der Waals surface area contributed by atoms with Gasteiger partial charge in [-0.2, -0.15) is 0 Å². The molecule has 1 aliphatic heterocycles. The number of hydrogen-bond acceptors (Lipinski definition) is 3. The maximum Gasteiger partial charge on any atom is 0.178 e. The average molecular weight is 227 g/mol. The first-order valence-electron chi connectivity index (χ1n) is 4.58. The summed E-state index contributed by atoms with van der Waals surface area (Å²) in [4.78, 5) is 3.43. The van der Waals surface area contributed by atoms with Crippen molar-refractivity contribution in [2.45, 2.75) is 6.10 Å². The Labute approximate surface area is 92.3 Å². The molecular weight excluding hydrogens is 216 g/mol. The van der Waals surface area contributed by atoms with Crippen LogP contribution in [0.1, 0.15) is 0 Å². The molecule has 1 aliphatic rings. The minimum Gasteiger partial charge on any atom is -0.488 e. The molecule has 0 aromatic heterocycles. The molecule has 0 saturated carbocycles. The lowest BCUT2D eigenvalue weighted by Gasteiger charge is -2.27. The van der Waals surface area contributed by atoms with Gasteiger partial charge in [0.15, 0.2) is 5.75 Å². The Hall–Kier alpha value is -1.80. The van der Waals surface area contributed by atoms with Gasteiger partial charge < -0.3 is 10.1 Å². The van der Waals surface area contributed by atoms with Crippen molar-refractivity contribution in [1.29, 1.82) is 0 Å². The van der Waals surface area contributed by atoms with E-state index in [1.807, 2.05) is 0 Å². The van der Waals surface area contributed by atoms with Crippen LogP contribution < -0.4 is 15.0 Å². The van der Waals surface area contributed by atoms with E-state index in [2.05, 4.69) is 23.1 Å². The Kier molecular flexibility index (Phi) is 4.55. The van der Waals surface area contributed by atoms with Gasteiger partial charge in [-0.05, 0) is 0 Å². The van der Waals surface area contributed by atoms with Gasteiger partial charge in [-0.15, -0.1) is 12.8 Å². The third-order valence-corrected chi connectivity index (χ3v) is 1.98. The standard InChI is InChI=1S/C9H9F2NO2.C2H2/c10-6-1-7(3-8(2-6)14-11)13-9-4-12-5-9;1-2/h1-3,9,12H,4-5H2;1-2H. The number of rotatable bonds is 3. The first-order valence-corrected chi connectivity index (χ1v) is 4.58. The van der Waals surface area contributed by atoms with E-state index in [0.29, 0.717) is 0 Å². The molecule has 16 heavy (non-hydrogen) atoms. The van der Waals surface area contributed by atoms with E-state index in [-0.39, 0.29) is 17.6 Å². The highest BCUT2D eigenvalue weighted by atomic mass is 19.3. The van der Waals surface area contributed by atoms with Gasteiger partial charge in [-0.3, -0.25) is 4.94 Å². The molecule has 0 amide bonds. The number of hydrogen-bond donors (Lipinski definition) is 1. The zero-order chi connectivity index (χ0) is 12.0. The van der Waals surface area contributed by atoms with Crippen molar-refractivity contribution in [3.63, 3.8) is 0 Å². The maximum absolute atomic E-state index is 12.8. The minimum atomic E-state index is -0.581. The zero-order valence-corrected chi connectivity index (χ0v) is 8.45. The fraction of sp³-hybridized carbons (Fsp3) is 0.273. The Morgan fingerprint density at radius 1 is 1.19 bits per heavy atom. The van der Waals surface area contributed by atoms with Crippen LogP contribution >= 0.6 is 0 Å². The fourth-order valence-corrected chi connectivity index (χ4v) is 1.19. The predicted octanol–water partition coefficient (Wildman–Crippen LogP) is 1.69. The largest absolute Gasteiger partial charge is 0.488 e. The van der Waals surface area contributed by atoms with Gasteiger partial charge in [0.25, 0.3) is 0 Å². The molecule has 1 saturated heterocycles. The number of benzene rings is 1. The molecule has 1 N–H and O–H groups in total. The van der Waals surface area contributed by atoms with Crippen molar-refractivity contribution in [3.8, 4) is 24.3 Å². The van der Waals surface area contributed by atoms with E-state index in [0.717, 1.165) is 19.2 Å². The molecule has 86 valence electrons. The van der Waals surface area contributed by atoms with E-state index in [1.165, 1.54) is 12.1 Å². The fourth-order valence-electron chi connectivity index (χ4n) is 1.19. The molecular formula is C11H11F2NO2. The molecule has 0 bridgehead atoms. The lowest BCUT2D eigenvalue weighted by Crippen LogP contribution is -2.50. The topological polar surface area (TPSA) is 30.5 Å². The highest BCUT2D eigenvalue weighted by Gasteiger charge is 2.18. The summed E-state index contributed by atoms with van der Waals surface area (Å²) in [6.07, 6.45) is 8.03. The van der Waals surface area contributed by atoms with Crippen molar-refractivity contribution < 1.29 is 18.6 Å². The van der Waals surface area contributed by atoms with E-state index >= 15 is 0 Å². The second-order valence-electron chi connectivity index (χ2n) is 3.10. The van der Waals surface area contributed by atoms with Crippen LogP contribution in [0.3, 0.4) is 0 Å². The maximum atomic E-state index is 12.8. The van der Waals surface area contributed by atoms with Gasteiger partial charge in [-0.1, -0.05) is 0 Å². The SMILES string of the molecule is C#C.FOc1cc(F)cc(OC2CNC2)c1. The van der Waals surface area contributed by atoms with Crippen LogP contribution in [0.2, 0.25) is 0 Å². The second kappa shape index (κ2) is 5.93. The third-order valence-electron chi connectivity index (χ3n) is 1.98. The van der Waals surface area contributed by atoms with E-state index < -0.39 is 5.82 Å². The van der Waals surface area contributed by atoms with Gasteiger partial charge in [0, 0.05) is 35.8 Å². The van der Waals surface area contributed by atoms with Gasteiger partial charge in [0.2, 0.25) is 0 Å². The number of nitrogens with one attached hydrogen (secondary N) is 1. The van der Waals surface area contributed by atoms with Crippen molar-refractivity contribution >= 4 is 0 Å². The molecule has 0 spiro atoms. The molecule has 1 fully saturated rings. The molecule has 1 heterocycles. The zero-order valence-electron chi connectivity index (χ0n) is 8.45. The van der Waals surface area contributed by atoms with Crippen LogP contribution in [0.25, 0.3) is 0 Å². The Morgan fingerprint density at radius 2 is 1.81 bits per heavy atom. The van der Waals surface area contributed by atoms with E-state index in [4.69, 9.17) is 4.74 Å². The summed E-state index contributed by atoms with van der Waals surface area (Å²) in [6.45, 7) is 1.45. The van der Waals surface area contributed by atoms with Crippen LogP contribution in [0.5, 0.6) is 11.5 Å². The highest BCUT2D eigenvalue weighted by Crippen LogP contribution is 2.23. The summed E-state index contributed by atoms with van der Waals surface area (Å²) in [5.41, 5.74) is 0. The van der Waals surface area contributed by atoms with E-state index in [9.17, 15) is 8.92 Å². The first kappa shape index (κ1) is 12.3. The molecule has 5 heteroatoms. The summed E-state index contributed by atoms with van der Waals surface area (Å²) >= 11 is 0. The molecule has 2 rings (SSSR count). The first-order chi connectivity index (χ1) is 7.78. The van der Waals surface area contributed by atoms with E-state index in [1.54, 1.807) is 0 Å². The molecule has 1 aromatic carbocycles. The lowest BCUT2D eigenvalue weighted by molar-refractivity contribution is -0.00704. The molecule has 0 atom stereocenters. The summed E-state index contributed by atoms with van der Waals surface area (Å²) in [5, 5.41) is 3.00. The van der Waals surface area contributed by atoms with Crippen molar-refractivity contribution in [1.82, 2.24) is 5.32 Å². The number of terminal acetylenes is 1. The summed E-state index contributed by atoms with van der Waals surface area (Å²) in [6, 6.07) is 3.45. The van der Waals surface area contributed by atoms with Crippen molar-refractivity contribution in [3.05, 3.63) is 24.0 Å². The smallest absolute Gasteiger partial charge is 0.178 e. The monoisotopic (exact) mass is 227 g/mol. The number of ether oxygens (including phenoxy) is 1. The third kappa shape index (κ3) is 3.11. The summed E-state index contributed by atoms with van der Waals surface area (Å²) in [5.74, 6) is -0.487. The highest BCUT2D eigenvalue weighted by molar-refractivity contribution is 5.33. The van der Waals surface area contributed by atoms with Crippen molar-refractivity contribution in [2.75, 3.05) is 13.1 Å². The van der Waals surface area contributed by atoms with Gasteiger partial charge in [0.1, 0.15) is 17.7 Å². The Balaban J connectivity index is 0.000000606. The van der Waals surface area contributed by atoms with Crippen molar-refractivity contribution in [2.24, 2.45) is 0 Å². The lowest BCUT2D eigenvalue weighted by atomic mass is 10.2. The molecule has 0 aliphatic carbocycles. The summed E-state index contributed by atoms with van der Waals surface area (Å²) in [7, 11) is 0. The summed E-state index contributed by atoms with van der Waals surface area (Å²) < 4.78 is 30.0. The van der Waals surface area contributed by atoms with Gasteiger partial charge in [0.05, 0.1) is 0 Å². The Morgan fingerprint density at radius 3 is 2.31 bits per heavy atom. The van der Waals surface area contributed by atoms with Crippen LogP contribution in [-0.2, 0) is 0 Å².